The van der Waals surface area contributed by atoms with E-state index in [4.69, 9.17) is 0 Å². The topological polar surface area (TPSA) is 88.9 Å². The number of aromatic nitrogens is 3. The minimum absolute atomic E-state index is 0.00994. The van der Waals surface area contributed by atoms with Crippen LogP contribution in [0.5, 0.6) is 0 Å². The Balaban J connectivity index is 1.35. The highest BCUT2D eigenvalue weighted by atomic mass is 19.4. The zero-order chi connectivity index (χ0) is 26.3. The summed E-state index contributed by atoms with van der Waals surface area (Å²) in [7, 11) is 0. The number of anilines is 1. The molecular formula is C27H28F3N5O2. The van der Waals surface area contributed by atoms with Crippen molar-refractivity contribution >= 4 is 17.5 Å². The molecule has 2 N–H and O–H groups in total. The molecule has 2 amide bonds. The van der Waals surface area contributed by atoms with Crippen LogP contribution in [0.1, 0.15) is 47.9 Å². The van der Waals surface area contributed by atoms with Gasteiger partial charge < -0.3 is 10.6 Å². The summed E-state index contributed by atoms with van der Waals surface area (Å²) in [6.07, 6.45) is 1.12. The van der Waals surface area contributed by atoms with E-state index in [-0.39, 0.29) is 29.0 Å². The molecule has 0 spiro atoms. The van der Waals surface area contributed by atoms with E-state index in [1.807, 2.05) is 6.92 Å². The molecule has 2 aromatic heterocycles. The van der Waals surface area contributed by atoms with Gasteiger partial charge in [-0.2, -0.15) is 18.3 Å². The molecule has 2 saturated carbocycles. The summed E-state index contributed by atoms with van der Waals surface area (Å²) < 4.78 is 42.3. The molecule has 7 nitrogen and oxygen atoms in total. The average molecular weight is 512 g/mol. The molecule has 4 atom stereocenters. The minimum Gasteiger partial charge on any atom is -0.339 e. The van der Waals surface area contributed by atoms with Gasteiger partial charge in [0.1, 0.15) is 11.7 Å². The minimum atomic E-state index is -4.52. The first-order chi connectivity index (χ1) is 17.7. The van der Waals surface area contributed by atoms with Crippen LogP contribution in [-0.4, -0.2) is 32.6 Å². The van der Waals surface area contributed by atoms with Crippen molar-refractivity contribution in [2.45, 2.75) is 51.9 Å². The van der Waals surface area contributed by atoms with Crippen LogP contribution in [0.4, 0.5) is 18.9 Å². The van der Waals surface area contributed by atoms with Crippen molar-refractivity contribution in [2.24, 2.45) is 17.8 Å². The van der Waals surface area contributed by atoms with Crippen LogP contribution in [0.3, 0.4) is 0 Å². The zero-order valence-corrected chi connectivity index (χ0v) is 20.5. The van der Waals surface area contributed by atoms with Crippen molar-refractivity contribution in [1.29, 1.82) is 0 Å². The Morgan fingerprint density at radius 1 is 1.05 bits per heavy atom. The van der Waals surface area contributed by atoms with Gasteiger partial charge in [0.15, 0.2) is 0 Å². The summed E-state index contributed by atoms with van der Waals surface area (Å²) in [5.41, 5.74) is 0.691. The lowest BCUT2D eigenvalue weighted by Crippen LogP contribution is -2.48. The Kier molecular flexibility index (Phi) is 6.51. The predicted molar refractivity (Wildman–Crippen MR) is 132 cm³/mol. The van der Waals surface area contributed by atoms with Crippen molar-refractivity contribution in [2.75, 3.05) is 5.32 Å². The normalized spacial score (nSPS) is 21.3. The highest BCUT2D eigenvalue weighted by Gasteiger charge is 2.49. The first-order valence-corrected chi connectivity index (χ1v) is 12.4. The third-order valence-corrected chi connectivity index (χ3v) is 7.46. The van der Waals surface area contributed by atoms with Crippen LogP contribution >= 0.6 is 0 Å². The lowest BCUT2D eigenvalue weighted by molar-refractivity contribution is -0.137. The van der Waals surface area contributed by atoms with Crippen LogP contribution in [0.15, 0.2) is 48.8 Å². The molecule has 3 aromatic rings. The van der Waals surface area contributed by atoms with Crippen molar-refractivity contribution < 1.29 is 22.8 Å². The molecule has 0 bridgehead atoms. The second-order valence-corrected chi connectivity index (χ2v) is 9.85. The summed E-state index contributed by atoms with van der Waals surface area (Å²) in [4.78, 5) is 30.4. The smallest absolute Gasteiger partial charge is 0.339 e. The van der Waals surface area contributed by atoms with E-state index in [0.29, 0.717) is 35.3 Å². The summed E-state index contributed by atoms with van der Waals surface area (Å²) in [6, 6.07) is 8.06. The maximum absolute atomic E-state index is 13.6. The summed E-state index contributed by atoms with van der Waals surface area (Å²) in [5.74, 6) is 0.550. The summed E-state index contributed by atoms with van der Waals surface area (Å²) >= 11 is 0. The van der Waals surface area contributed by atoms with Gasteiger partial charge in [-0.15, -0.1) is 0 Å². The molecule has 0 radical (unpaired) electrons. The van der Waals surface area contributed by atoms with Gasteiger partial charge in [0.2, 0.25) is 5.91 Å². The molecular weight excluding hydrogens is 483 g/mol. The quantitative estimate of drug-likeness (QED) is 0.463. The number of fused-ring (bicyclic) bond motifs is 1. The van der Waals surface area contributed by atoms with E-state index in [0.717, 1.165) is 25.1 Å². The number of alkyl halides is 3. The molecule has 1 aromatic carbocycles. The van der Waals surface area contributed by atoms with Gasteiger partial charge in [0, 0.05) is 35.9 Å². The number of hydrogen-bond acceptors (Lipinski definition) is 4. The number of aryl methyl sites for hydroxylation is 2. The van der Waals surface area contributed by atoms with Crippen LogP contribution in [0, 0.1) is 24.7 Å². The van der Waals surface area contributed by atoms with Gasteiger partial charge in [0.25, 0.3) is 5.91 Å². The lowest BCUT2D eigenvalue weighted by atomic mass is 9.93. The molecule has 10 heteroatoms. The third-order valence-electron chi connectivity index (χ3n) is 7.46. The number of hydrogen-bond donors (Lipinski definition) is 2. The number of rotatable bonds is 7. The fraction of sp³-hybridized carbons (Fsp3) is 0.407. The largest absolute Gasteiger partial charge is 0.417 e. The van der Waals surface area contributed by atoms with Crippen molar-refractivity contribution in [3.63, 3.8) is 0 Å². The maximum Gasteiger partial charge on any atom is 0.417 e. The van der Waals surface area contributed by atoms with Gasteiger partial charge >= 0.3 is 6.18 Å². The Morgan fingerprint density at radius 2 is 1.76 bits per heavy atom. The van der Waals surface area contributed by atoms with Gasteiger partial charge in [-0.05, 0) is 80.7 Å². The summed E-state index contributed by atoms with van der Waals surface area (Å²) in [6.45, 7) is 3.94. The fourth-order valence-corrected chi connectivity index (χ4v) is 5.53. The van der Waals surface area contributed by atoms with Crippen molar-refractivity contribution in [1.82, 2.24) is 20.1 Å². The van der Waals surface area contributed by atoms with E-state index in [9.17, 15) is 22.8 Å². The molecule has 2 fully saturated rings. The zero-order valence-electron chi connectivity index (χ0n) is 20.5. The molecule has 5 rings (SSSR count). The SMILES string of the molecule is CCn1nccc1C(=O)N[C@@H](C(=O)Nc1ccc(-c2c(C(F)(F)F)ccnc2C)cc1)C1C[C@@H]2C[C@@H]2C1. The highest BCUT2D eigenvalue weighted by molar-refractivity contribution is 6.00. The number of carbonyl (C=O) groups is 2. The van der Waals surface area contributed by atoms with Crippen molar-refractivity contribution in [3.05, 3.63) is 65.7 Å². The summed E-state index contributed by atoms with van der Waals surface area (Å²) in [5, 5.41) is 9.91. The highest BCUT2D eigenvalue weighted by Crippen LogP contribution is 2.55. The Labute approximate surface area is 212 Å². The van der Waals surface area contributed by atoms with Crippen LogP contribution in [0.2, 0.25) is 0 Å². The van der Waals surface area contributed by atoms with Gasteiger partial charge in [-0.1, -0.05) is 12.1 Å². The number of halogens is 3. The maximum atomic E-state index is 13.6. The van der Waals surface area contributed by atoms with Crippen molar-refractivity contribution in [3.8, 4) is 11.1 Å². The predicted octanol–water partition coefficient (Wildman–Crippen LogP) is 5.08. The lowest BCUT2D eigenvalue weighted by Gasteiger charge is -2.25. The molecule has 2 aliphatic carbocycles. The van der Waals surface area contributed by atoms with E-state index in [2.05, 4.69) is 20.7 Å². The Morgan fingerprint density at radius 3 is 2.41 bits per heavy atom. The number of pyridine rings is 1. The van der Waals surface area contributed by atoms with Crippen LogP contribution in [0.25, 0.3) is 11.1 Å². The number of nitrogens with one attached hydrogen (secondary N) is 2. The van der Waals surface area contributed by atoms with Gasteiger partial charge in [0.05, 0.1) is 5.56 Å². The van der Waals surface area contributed by atoms with E-state index >= 15 is 0 Å². The number of nitrogens with zero attached hydrogens (tertiary/aromatic N) is 3. The van der Waals surface area contributed by atoms with Crippen LogP contribution < -0.4 is 10.6 Å². The first-order valence-electron chi connectivity index (χ1n) is 12.4. The molecule has 194 valence electrons. The van der Waals surface area contributed by atoms with E-state index in [1.165, 1.54) is 25.5 Å². The molecule has 37 heavy (non-hydrogen) atoms. The first kappa shape index (κ1) is 25.0. The molecule has 0 aliphatic heterocycles. The molecule has 1 unspecified atom stereocenters. The monoisotopic (exact) mass is 511 g/mol. The molecule has 2 heterocycles. The van der Waals surface area contributed by atoms with Gasteiger partial charge in [-0.25, -0.2) is 0 Å². The standard InChI is InChI=1S/C27H28F3N5O2/c1-3-35-22(9-11-32-35)25(36)34-24(19-13-17-12-18(17)14-19)26(37)33-20-6-4-16(5-7-20)23-15(2)31-10-8-21(23)27(28,29)30/h4-11,17-19,24H,3,12-14H2,1-2H3,(H,33,37)(H,34,36)/t17-,18+,19?,24-/m1/s1. The molecule has 2 aliphatic rings. The van der Waals surface area contributed by atoms with E-state index in [1.54, 1.807) is 29.1 Å². The average Bonchev–Trinajstić information content (AvgIpc) is 3.24. The van der Waals surface area contributed by atoms with E-state index < -0.39 is 17.8 Å². The Bertz CT molecular complexity index is 1310. The fourth-order valence-electron chi connectivity index (χ4n) is 5.53. The van der Waals surface area contributed by atoms with Crippen LogP contribution in [-0.2, 0) is 17.5 Å². The molecule has 0 saturated heterocycles. The van der Waals surface area contributed by atoms with Gasteiger partial charge in [-0.3, -0.25) is 19.3 Å². The number of benzene rings is 1. The second-order valence-electron chi connectivity index (χ2n) is 9.85. The third kappa shape index (κ3) is 5.10. The number of amides is 2. The second kappa shape index (κ2) is 9.64. The Hall–Kier alpha value is -3.69. The number of carbonyl (C=O) groups excluding carboxylic acids is 2.